The number of carbonyl (C=O) groups excluding carboxylic acids is 2. The summed E-state index contributed by atoms with van der Waals surface area (Å²) in [5, 5.41) is 3.47. The molecular weight excluding hydrogens is 376 g/mol. The summed E-state index contributed by atoms with van der Waals surface area (Å²) in [5.74, 6) is -0.527. The van der Waals surface area contributed by atoms with Gasteiger partial charge in [0.15, 0.2) is 6.54 Å². The van der Waals surface area contributed by atoms with Gasteiger partial charge in [0, 0.05) is 4.88 Å². The second-order valence-electron chi connectivity index (χ2n) is 7.08. The van der Waals surface area contributed by atoms with Crippen molar-refractivity contribution < 1.29 is 24.0 Å². The number of anilines is 1. The van der Waals surface area contributed by atoms with Crippen molar-refractivity contribution in [2.75, 3.05) is 31.6 Å². The molecular formula is C21H27N2O4S+. The minimum atomic E-state index is -0.419. The predicted molar refractivity (Wildman–Crippen MR) is 110 cm³/mol. The smallest absolute Gasteiger partial charge is 0.341 e. The molecule has 6 nitrogen and oxygen atoms in total. The van der Waals surface area contributed by atoms with E-state index in [0.29, 0.717) is 17.1 Å². The number of amides is 1. The Bertz CT molecular complexity index is 811. The van der Waals surface area contributed by atoms with E-state index in [0.717, 1.165) is 23.5 Å². The average molecular weight is 404 g/mol. The molecule has 7 heteroatoms. The van der Waals surface area contributed by atoms with Gasteiger partial charge in [-0.05, 0) is 32.4 Å². The van der Waals surface area contributed by atoms with Crippen molar-refractivity contribution in [2.45, 2.75) is 33.0 Å². The highest BCUT2D eigenvalue weighted by Crippen LogP contribution is 2.35. The zero-order valence-electron chi connectivity index (χ0n) is 16.5. The van der Waals surface area contributed by atoms with E-state index in [9.17, 15) is 9.59 Å². The summed E-state index contributed by atoms with van der Waals surface area (Å²) in [4.78, 5) is 27.1. The number of morpholine rings is 1. The van der Waals surface area contributed by atoms with Crippen molar-refractivity contribution in [3.8, 4) is 10.4 Å². The minimum Gasteiger partial charge on any atom is -0.462 e. The number of hydrogen-bond acceptors (Lipinski definition) is 5. The molecule has 1 aliphatic heterocycles. The molecule has 1 amide bonds. The van der Waals surface area contributed by atoms with Gasteiger partial charge in [-0.3, -0.25) is 4.79 Å². The van der Waals surface area contributed by atoms with E-state index in [4.69, 9.17) is 9.47 Å². The van der Waals surface area contributed by atoms with Crippen LogP contribution >= 0.6 is 11.3 Å². The van der Waals surface area contributed by atoms with Crippen molar-refractivity contribution in [1.82, 2.24) is 0 Å². The fourth-order valence-corrected chi connectivity index (χ4v) is 4.59. The van der Waals surface area contributed by atoms with Gasteiger partial charge < -0.3 is 19.7 Å². The van der Waals surface area contributed by atoms with Crippen LogP contribution in [0.4, 0.5) is 5.00 Å². The molecule has 0 bridgehead atoms. The van der Waals surface area contributed by atoms with Crippen LogP contribution in [0.5, 0.6) is 0 Å². The largest absolute Gasteiger partial charge is 0.462 e. The Balaban J connectivity index is 1.76. The molecule has 28 heavy (non-hydrogen) atoms. The van der Waals surface area contributed by atoms with E-state index in [-0.39, 0.29) is 24.7 Å². The molecule has 0 aliphatic carbocycles. The Morgan fingerprint density at radius 3 is 2.54 bits per heavy atom. The number of benzene rings is 1. The third-order valence-corrected chi connectivity index (χ3v) is 5.67. The number of thiophene rings is 1. The fourth-order valence-electron chi connectivity index (χ4n) is 3.52. The van der Waals surface area contributed by atoms with Gasteiger partial charge in [-0.25, -0.2) is 4.79 Å². The number of nitrogens with one attached hydrogen (secondary N) is 2. The molecule has 3 atom stereocenters. The first-order valence-corrected chi connectivity index (χ1v) is 10.4. The summed E-state index contributed by atoms with van der Waals surface area (Å²) in [6.07, 6.45) is 0.265. The predicted octanol–water partition coefficient (Wildman–Crippen LogP) is 2.22. The average Bonchev–Trinajstić information content (AvgIpc) is 3.05. The molecule has 2 N–H and O–H groups in total. The number of esters is 1. The first-order chi connectivity index (χ1) is 13.5. The molecule has 2 heterocycles. The highest BCUT2D eigenvalue weighted by molar-refractivity contribution is 7.20. The van der Waals surface area contributed by atoms with Crippen molar-refractivity contribution in [1.29, 1.82) is 0 Å². The number of rotatable bonds is 6. The maximum Gasteiger partial charge on any atom is 0.341 e. The fraction of sp³-hybridized carbons (Fsp3) is 0.429. The van der Waals surface area contributed by atoms with E-state index >= 15 is 0 Å². The van der Waals surface area contributed by atoms with Crippen LogP contribution in [0.25, 0.3) is 10.4 Å². The van der Waals surface area contributed by atoms with E-state index in [1.165, 1.54) is 16.2 Å². The summed E-state index contributed by atoms with van der Waals surface area (Å²) in [5.41, 5.74) is 1.40. The van der Waals surface area contributed by atoms with Crippen LogP contribution in [0.15, 0.2) is 36.4 Å². The third kappa shape index (κ3) is 5.19. The van der Waals surface area contributed by atoms with Crippen molar-refractivity contribution >= 4 is 28.2 Å². The summed E-state index contributed by atoms with van der Waals surface area (Å²) in [7, 11) is 0. The number of carbonyl (C=O) groups is 2. The van der Waals surface area contributed by atoms with Crippen LogP contribution in [-0.4, -0.2) is 50.3 Å². The Labute approximate surface area is 169 Å². The molecule has 2 aromatic rings. The normalized spacial score (nSPS) is 21.9. The summed E-state index contributed by atoms with van der Waals surface area (Å²) in [6, 6.07) is 11.6. The second kappa shape index (κ2) is 9.32. The Morgan fingerprint density at radius 1 is 1.21 bits per heavy atom. The molecule has 3 rings (SSSR count). The van der Waals surface area contributed by atoms with Gasteiger partial charge in [-0.1, -0.05) is 30.3 Å². The van der Waals surface area contributed by atoms with Crippen LogP contribution in [0, 0.1) is 0 Å². The molecule has 1 aromatic heterocycles. The maximum absolute atomic E-state index is 12.7. The summed E-state index contributed by atoms with van der Waals surface area (Å²) in [6.45, 7) is 8.04. The van der Waals surface area contributed by atoms with Gasteiger partial charge in [-0.15, -0.1) is 11.3 Å². The molecule has 0 spiro atoms. The lowest BCUT2D eigenvalue weighted by Crippen LogP contribution is -3.16. The SMILES string of the molecule is CCOC(=O)c1cc(-c2ccccc2)sc1NC(=O)C[NH+]1C[C@@H](C)O[C@@H](C)C1. The van der Waals surface area contributed by atoms with Crippen LogP contribution in [-0.2, 0) is 14.3 Å². The van der Waals surface area contributed by atoms with Crippen LogP contribution in [0.1, 0.15) is 31.1 Å². The summed E-state index contributed by atoms with van der Waals surface area (Å²) < 4.78 is 10.9. The standard InChI is InChI=1S/C21H26N2O4S/c1-4-26-21(25)17-10-18(16-8-6-5-7-9-16)28-20(17)22-19(24)13-23-11-14(2)27-15(3)12-23/h5-10,14-15H,4,11-13H2,1-3H3,(H,22,24)/p+1/t14-,15+. The zero-order valence-corrected chi connectivity index (χ0v) is 17.3. The van der Waals surface area contributed by atoms with Crippen molar-refractivity contribution in [3.63, 3.8) is 0 Å². The number of hydrogen-bond donors (Lipinski definition) is 2. The Kier molecular flexibility index (Phi) is 6.83. The molecule has 1 aromatic carbocycles. The highest BCUT2D eigenvalue weighted by Gasteiger charge is 2.28. The van der Waals surface area contributed by atoms with Gasteiger partial charge in [-0.2, -0.15) is 0 Å². The molecule has 1 saturated heterocycles. The van der Waals surface area contributed by atoms with Crippen molar-refractivity contribution in [3.05, 3.63) is 42.0 Å². The van der Waals surface area contributed by atoms with E-state index < -0.39 is 5.97 Å². The van der Waals surface area contributed by atoms with E-state index in [2.05, 4.69) is 5.32 Å². The number of quaternary nitrogens is 1. The molecule has 1 fully saturated rings. The number of ether oxygens (including phenoxy) is 2. The van der Waals surface area contributed by atoms with Crippen LogP contribution in [0.2, 0.25) is 0 Å². The lowest BCUT2D eigenvalue weighted by molar-refractivity contribution is -0.907. The van der Waals surface area contributed by atoms with E-state index in [1.807, 2.05) is 44.2 Å². The second-order valence-corrected chi connectivity index (χ2v) is 8.13. The monoisotopic (exact) mass is 403 g/mol. The quantitative estimate of drug-likeness (QED) is 0.726. The first-order valence-electron chi connectivity index (χ1n) is 9.61. The van der Waals surface area contributed by atoms with Gasteiger partial charge in [0.1, 0.15) is 30.3 Å². The topological polar surface area (TPSA) is 69.1 Å². The zero-order chi connectivity index (χ0) is 20.1. The third-order valence-electron chi connectivity index (χ3n) is 4.57. The van der Waals surface area contributed by atoms with Crippen LogP contribution in [0.3, 0.4) is 0 Å². The minimum absolute atomic E-state index is 0.108. The molecule has 0 saturated carbocycles. The molecule has 1 unspecified atom stereocenters. The van der Waals surface area contributed by atoms with E-state index in [1.54, 1.807) is 13.0 Å². The lowest BCUT2D eigenvalue weighted by atomic mass is 10.1. The van der Waals surface area contributed by atoms with Gasteiger partial charge in [0.25, 0.3) is 5.91 Å². The van der Waals surface area contributed by atoms with Gasteiger partial charge in [0.2, 0.25) is 0 Å². The first kappa shape index (κ1) is 20.5. The molecule has 0 radical (unpaired) electrons. The van der Waals surface area contributed by atoms with Gasteiger partial charge >= 0.3 is 5.97 Å². The Hall–Kier alpha value is -2.22. The molecule has 1 aliphatic rings. The van der Waals surface area contributed by atoms with Crippen LogP contribution < -0.4 is 10.2 Å². The Morgan fingerprint density at radius 2 is 1.89 bits per heavy atom. The molecule has 150 valence electrons. The summed E-state index contributed by atoms with van der Waals surface area (Å²) >= 11 is 1.39. The van der Waals surface area contributed by atoms with Crippen molar-refractivity contribution in [2.24, 2.45) is 0 Å². The van der Waals surface area contributed by atoms with Gasteiger partial charge in [0.05, 0.1) is 12.2 Å². The highest BCUT2D eigenvalue weighted by atomic mass is 32.1. The lowest BCUT2D eigenvalue weighted by Gasteiger charge is -2.31. The maximum atomic E-state index is 12.7.